The topological polar surface area (TPSA) is 49.4 Å². The molecule has 0 saturated heterocycles. The zero-order valence-corrected chi connectivity index (χ0v) is 22.2. The van der Waals surface area contributed by atoms with Crippen molar-refractivity contribution in [3.63, 3.8) is 0 Å². The Kier molecular flexibility index (Phi) is 10.5. The highest BCUT2D eigenvalue weighted by Gasteiger charge is 2.30. The van der Waals surface area contributed by atoms with Crippen molar-refractivity contribution in [1.82, 2.24) is 10.2 Å². The van der Waals surface area contributed by atoms with Crippen LogP contribution in [-0.4, -0.2) is 34.6 Å². The van der Waals surface area contributed by atoms with Gasteiger partial charge in [0.15, 0.2) is 0 Å². The molecule has 3 rings (SSSR count). The van der Waals surface area contributed by atoms with E-state index in [1.165, 1.54) is 11.8 Å². The first kappa shape index (κ1) is 27.1. The molecule has 0 aromatic heterocycles. The Morgan fingerprint density at radius 3 is 2.20 bits per heavy atom. The van der Waals surface area contributed by atoms with Crippen LogP contribution in [0.3, 0.4) is 0 Å². The predicted molar refractivity (Wildman–Crippen MR) is 147 cm³/mol. The molecule has 0 fully saturated rings. The van der Waals surface area contributed by atoms with Crippen LogP contribution in [0.25, 0.3) is 0 Å². The van der Waals surface area contributed by atoms with Crippen LogP contribution in [0.4, 0.5) is 0 Å². The average molecular weight is 530 g/mol. The third-order valence-corrected chi connectivity index (χ3v) is 7.00. The Morgan fingerprint density at radius 2 is 1.54 bits per heavy atom. The van der Waals surface area contributed by atoms with E-state index in [2.05, 4.69) is 5.32 Å². The summed E-state index contributed by atoms with van der Waals surface area (Å²) in [6.45, 7) is 4.15. The maximum Gasteiger partial charge on any atom is 0.243 e. The minimum atomic E-state index is -0.649. The van der Waals surface area contributed by atoms with Gasteiger partial charge in [0.25, 0.3) is 0 Å². The zero-order valence-electron chi connectivity index (χ0n) is 19.9. The molecule has 0 aliphatic heterocycles. The van der Waals surface area contributed by atoms with E-state index < -0.39 is 6.04 Å². The van der Waals surface area contributed by atoms with Crippen molar-refractivity contribution in [3.05, 3.63) is 106 Å². The predicted octanol–water partition coefficient (Wildman–Crippen LogP) is 6.39. The molecule has 0 aliphatic carbocycles. The molecular formula is C28H30Cl2N2O2S. The average Bonchev–Trinajstić information content (AvgIpc) is 2.84. The molecule has 3 aromatic carbocycles. The van der Waals surface area contributed by atoms with E-state index in [1.807, 2.05) is 80.6 Å². The van der Waals surface area contributed by atoms with Crippen LogP contribution in [0, 0.1) is 0 Å². The second kappa shape index (κ2) is 13.6. The summed E-state index contributed by atoms with van der Waals surface area (Å²) >= 11 is 13.8. The number of hydrogen-bond acceptors (Lipinski definition) is 3. The highest BCUT2D eigenvalue weighted by Crippen LogP contribution is 2.23. The molecule has 2 amide bonds. The molecule has 0 aliphatic rings. The van der Waals surface area contributed by atoms with Crippen LogP contribution in [0.5, 0.6) is 0 Å². The van der Waals surface area contributed by atoms with Gasteiger partial charge in [-0.2, -0.15) is 0 Å². The first-order chi connectivity index (χ1) is 16.8. The van der Waals surface area contributed by atoms with Gasteiger partial charge in [0.2, 0.25) is 11.8 Å². The maximum atomic E-state index is 13.6. The van der Waals surface area contributed by atoms with Crippen LogP contribution in [0.1, 0.15) is 30.5 Å². The van der Waals surface area contributed by atoms with Gasteiger partial charge in [0, 0.05) is 34.8 Å². The molecule has 0 radical (unpaired) electrons. The zero-order chi connectivity index (χ0) is 25.2. The van der Waals surface area contributed by atoms with E-state index >= 15 is 0 Å². The lowest BCUT2D eigenvalue weighted by atomic mass is 10.0. The smallest absolute Gasteiger partial charge is 0.243 e. The number of thioether (sulfide) groups is 1. The van der Waals surface area contributed by atoms with Crippen LogP contribution in [-0.2, 0) is 28.3 Å². The van der Waals surface area contributed by atoms with Gasteiger partial charge < -0.3 is 10.2 Å². The lowest BCUT2D eigenvalue weighted by Gasteiger charge is -2.32. The molecule has 4 nitrogen and oxygen atoms in total. The first-order valence-electron chi connectivity index (χ1n) is 11.5. The Labute approximate surface area is 222 Å². The van der Waals surface area contributed by atoms with Gasteiger partial charge in [-0.1, -0.05) is 83.9 Å². The number of rotatable bonds is 11. The summed E-state index contributed by atoms with van der Waals surface area (Å²) in [6.07, 6.45) is 0.425. The van der Waals surface area contributed by atoms with Crippen molar-refractivity contribution in [1.29, 1.82) is 0 Å². The van der Waals surface area contributed by atoms with E-state index in [1.54, 1.807) is 17.0 Å². The molecular weight excluding hydrogens is 499 g/mol. The molecule has 3 aromatic rings. The van der Waals surface area contributed by atoms with Crippen molar-refractivity contribution < 1.29 is 9.59 Å². The standard InChI is InChI=1S/C28H30Cl2N2O2S/c1-20(2)31-28(34)26(16-21-8-4-3-5-9-21)32(17-22-12-14-24(29)15-13-22)27(33)19-35-18-23-10-6-7-11-25(23)30/h3-15,20,26H,16-19H2,1-2H3,(H,31,34). The van der Waals surface area contributed by atoms with E-state index in [0.29, 0.717) is 28.8 Å². The summed E-state index contributed by atoms with van der Waals surface area (Å²) in [6, 6.07) is 24.1. The quantitative estimate of drug-likeness (QED) is 0.313. The molecule has 1 atom stereocenters. The molecule has 1 unspecified atom stereocenters. The van der Waals surface area contributed by atoms with Gasteiger partial charge in [0.1, 0.15) is 6.04 Å². The summed E-state index contributed by atoms with van der Waals surface area (Å²) in [5, 5.41) is 4.31. The van der Waals surface area contributed by atoms with Crippen LogP contribution < -0.4 is 5.32 Å². The second-order valence-corrected chi connectivity index (χ2v) is 10.4. The number of benzene rings is 3. The van der Waals surface area contributed by atoms with Gasteiger partial charge in [-0.05, 0) is 48.7 Å². The van der Waals surface area contributed by atoms with Crippen molar-refractivity contribution in [3.8, 4) is 0 Å². The van der Waals surface area contributed by atoms with Gasteiger partial charge >= 0.3 is 0 Å². The summed E-state index contributed by atoms with van der Waals surface area (Å²) in [5.74, 6) is 0.583. The minimum Gasteiger partial charge on any atom is -0.352 e. The third kappa shape index (κ3) is 8.60. The Bertz CT molecular complexity index is 1110. The summed E-state index contributed by atoms with van der Waals surface area (Å²) in [4.78, 5) is 28.6. The highest BCUT2D eigenvalue weighted by molar-refractivity contribution is 7.99. The molecule has 0 spiro atoms. The number of carbonyl (C=O) groups is 2. The Hall–Kier alpha value is -2.47. The lowest BCUT2D eigenvalue weighted by Crippen LogP contribution is -2.52. The lowest BCUT2D eigenvalue weighted by molar-refractivity contribution is -0.139. The summed E-state index contributed by atoms with van der Waals surface area (Å²) in [7, 11) is 0. The third-order valence-electron chi connectivity index (χ3n) is 5.41. The monoisotopic (exact) mass is 528 g/mol. The maximum absolute atomic E-state index is 13.6. The number of hydrogen-bond donors (Lipinski definition) is 1. The molecule has 7 heteroatoms. The van der Waals surface area contributed by atoms with E-state index in [9.17, 15) is 9.59 Å². The molecule has 1 N–H and O–H groups in total. The van der Waals surface area contributed by atoms with Gasteiger partial charge in [-0.3, -0.25) is 9.59 Å². The molecule has 35 heavy (non-hydrogen) atoms. The number of nitrogens with one attached hydrogen (secondary N) is 1. The fraction of sp³-hybridized carbons (Fsp3) is 0.286. The van der Waals surface area contributed by atoms with Crippen molar-refractivity contribution >= 4 is 46.8 Å². The fourth-order valence-corrected chi connectivity index (χ4v) is 4.99. The van der Waals surface area contributed by atoms with Gasteiger partial charge in [-0.15, -0.1) is 11.8 Å². The minimum absolute atomic E-state index is 0.0390. The van der Waals surface area contributed by atoms with E-state index in [0.717, 1.165) is 16.7 Å². The molecule has 0 heterocycles. The fourth-order valence-electron chi connectivity index (χ4n) is 3.67. The highest BCUT2D eigenvalue weighted by atomic mass is 35.5. The van der Waals surface area contributed by atoms with Crippen LogP contribution >= 0.6 is 35.0 Å². The molecule has 0 saturated carbocycles. The largest absolute Gasteiger partial charge is 0.352 e. The Morgan fingerprint density at radius 1 is 0.886 bits per heavy atom. The summed E-state index contributed by atoms with van der Waals surface area (Å²) < 4.78 is 0. The van der Waals surface area contributed by atoms with Crippen molar-refractivity contribution in [2.75, 3.05) is 5.75 Å². The van der Waals surface area contributed by atoms with Crippen molar-refractivity contribution in [2.24, 2.45) is 0 Å². The number of nitrogens with zero attached hydrogens (tertiary/aromatic N) is 1. The normalized spacial score (nSPS) is 11.8. The van der Waals surface area contributed by atoms with Crippen molar-refractivity contribution in [2.45, 2.75) is 44.6 Å². The van der Waals surface area contributed by atoms with Crippen LogP contribution in [0.2, 0.25) is 10.0 Å². The van der Waals surface area contributed by atoms with E-state index in [4.69, 9.17) is 23.2 Å². The Balaban J connectivity index is 1.84. The SMILES string of the molecule is CC(C)NC(=O)C(Cc1ccccc1)N(Cc1ccc(Cl)cc1)C(=O)CSCc1ccccc1Cl. The van der Waals surface area contributed by atoms with Gasteiger partial charge in [-0.25, -0.2) is 0 Å². The van der Waals surface area contributed by atoms with Crippen LogP contribution in [0.15, 0.2) is 78.9 Å². The number of halogens is 2. The number of amides is 2. The van der Waals surface area contributed by atoms with Gasteiger partial charge in [0.05, 0.1) is 5.75 Å². The second-order valence-electron chi connectivity index (χ2n) is 8.60. The molecule has 0 bridgehead atoms. The number of carbonyl (C=O) groups excluding carboxylic acids is 2. The first-order valence-corrected chi connectivity index (χ1v) is 13.4. The summed E-state index contributed by atoms with van der Waals surface area (Å²) in [5.41, 5.74) is 2.89. The molecule has 184 valence electrons. The van der Waals surface area contributed by atoms with E-state index in [-0.39, 0.29) is 23.6 Å².